The number of hydrogen-bond donors (Lipinski definition) is 2. The molecule has 0 atom stereocenters. The number of aliphatic hydroxyl groups is 1. The first-order chi connectivity index (χ1) is 7.74. The quantitative estimate of drug-likeness (QED) is 0.668. The predicted octanol–water partition coefficient (Wildman–Crippen LogP) is -0.929. The molecule has 2 heterocycles. The molecule has 2 N–H and O–H groups in total. The van der Waals surface area contributed by atoms with Crippen molar-refractivity contribution in [1.29, 1.82) is 0 Å². The molecule has 0 fully saturated rings. The number of nitrogens with zero attached hydrogens (tertiary/aromatic N) is 2. The largest absolute Gasteiger partial charge is 0.395 e. The fourth-order valence-corrected chi connectivity index (χ4v) is 2.35. The van der Waals surface area contributed by atoms with E-state index >= 15 is 0 Å². The van der Waals surface area contributed by atoms with Gasteiger partial charge in [0.2, 0.25) is 0 Å². The van der Waals surface area contributed by atoms with Gasteiger partial charge in [0, 0.05) is 25.0 Å². The number of fused-ring (bicyclic) bond motifs is 1. The van der Waals surface area contributed by atoms with Gasteiger partial charge >= 0.3 is 0 Å². The number of nitrogens with one attached hydrogen (secondary N) is 1. The maximum Gasteiger partial charge on any atom is 0.267 e. The molecule has 7 heteroatoms. The maximum atomic E-state index is 11.9. The highest BCUT2D eigenvalue weighted by atomic mass is 32.2. The van der Waals surface area contributed by atoms with Crippen LogP contribution in [0.4, 0.5) is 0 Å². The molecule has 0 saturated carbocycles. The van der Waals surface area contributed by atoms with E-state index in [0.29, 0.717) is 11.7 Å². The lowest BCUT2D eigenvalue weighted by Crippen LogP contribution is -2.34. The lowest BCUT2D eigenvalue weighted by Gasteiger charge is -2.05. The first-order valence-corrected chi connectivity index (χ1v) is 5.84. The van der Waals surface area contributed by atoms with Gasteiger partial charge in [-0.25, -0.2) is 4.98 Å². The van der Waals surface area contributed by atoms with Crippen LogP contribution in [0, 0.1) is 0 Å². The Morgan fingerprint density at radius 3 is 3.25 bits per heavy atom. The zero-order chi connectivity index (χ0) is 11.5. The molecule has 0 bridgehead atoms. The van der Waals surface area contributed by atoms with Crippen molar-refractivity contribution >= 4 is 17.7 Å². The van der Waals surface area contributed by atoms with E-state index in [4.69, 9.17) is 5.11 Å². The predicted molar refractivity (Wildman–Crippen MR) is 58.6 cm³/mol. The number of amides is 1. The first kappa shape index (κ1) is 11.2. The molecule has 0 aliphatic carbocycles. The SMILES string of the molecule is O=C(NCCO)c1cnc2n(c1=O)CCS2. The van der Waals surface area contributed by atoms with Gasteiger partial charge in [0.1, 0.15) is 5.56 Å². The van der Waals surface area contributed by atoms with Gasteiger partial charge in [-0.1, -0.05) is 11.8 Å². The normalized spacial score (nSPS) is 13.6. The number of carbonyl (C=O) groups excluding carboxylic acids is 1. The number of rotatable bonds is 3. The second-order valence-electron chi connectivity index (χ2n) is 3.24. The molecule has 0 aromatic carbocycles. The topological polar surface area (TPSA) is 84.2 Å². The smallest absolute Gasteiger partial charge is 0.267 e. The summed E-state index contributed by atoms with van der Waals surface area (Å²) >= 11 is 1.50. The molecule has 1 amide bonds. The highest BCUT2D eigenvalue weighted by Crippen LogP contribution is 2.20. The summed E-state index contributed by atoms with van der Waals surface area (Å²) in [5, 5.41) is 11.7. The third-order valence-corrected chi connectivity index (χ3v) is 3.17. The van der Waals surface area contributed by atoms with Crippen molar-refractivity contribution in [2.45, 2.75) is 11.7 Å². The second kappa shape index (κ2) is 4.67. The van der Waals surface area contributed by atoms with E-state index in [0.717, 1.165) is 5.75 Å². The van der Waals surface area contributed by atoms with Crippen LogP contribution in [0.15, 0.2) is 16.1 Å². The van der Waals surface area contributed by atoms with Crippen LogP contribution in [0.3, 0.4) is 0 Å². The summed E-state index contributed by atoms with van der Waals surface area (Å²) in [5.41, 5.74) is -0.287. The number of aromatic nitrogens is 2. The third kappa shape index (κ3) is 1.96. The molecule has 1 aromatic rings. The maximum absolute atomic E-state index is 11.9. The molecule has 1 aliphatic heterocycles. The molecule has 6 nitrogen and oxygen atoms in total. The van der Waals surface area contributed by atoms with E-state index in [1.54, 1.807) is 0 Å². The number of carbonyl (C=O) groups is 1. The summed E-state index contributed by atoms with van der Waals surface area (Å²) in [5.74, 6) is 0.322. The average Bonchev–Trinajstić information content (AvgIpc) is 2.75. The molecule has 1 aromatic heterocycles. The summed E-state index contributed by atoms with van der Waals surface area (Å²) in [4.78, 5) is 27.4. The number of hydrogen-bond acceptors (Lipinski definition) is 5. The van der Waals surface area contributed by atoms with Crippen LogP contribution < -0.4 is 10.9 Å². The van der Waals surface area contributed by atoms with Crippen LogP contribution in [-0.2, 0) is 6.54 Å². The Kier molecular flexibility index (Phi) is 3.25. The fourth-order valence-electron chi connectivity index (χ4n) is 1.44. The van der Waals surface area contributed by atoms with E-state index in [1.165, 1.54) is 22.5 Å². The van der Waals surface area contributed by atoms with Crippen LogP contribution in [0.5, 0.6) is 0 Å². The van der Waals surface area contributed by atoms with Gasteiger partial charge in [-0.15, -0.1) is 0 Å². The van der Waals surface area contributed by atoms with E-state index in [1.807, 2.05) is 0 Å². The molecule has 16 heavy (non-hydrogen) atoms. The molecule has 2 rings (SSSR count). The summed E-state index contributed by atoms with van der Waals surface area (Å²) in [6.45, 7) is 0.572. The highest BCUT2D eigenvalue weighted by Gasteiger charge is 2.19. The summed E-state index contributed by atoms with van der Waals surface area (Å²) in [6, 6.07) is 0. The van der Waals surface area contributed by atoms with Gasteiger partial charge in [-0.3, -0.25) is 14.2 Å². The zero-order valence-electron chi connectivity index (χ0n) is 8.47. The lowest BCUT2D eigenvalue weighted by molar-refractivity contribution is 0.0942. The molecule has 0 saturated heterocycles. The van der Waals surface area contributed by atoms with Crippen molar-refractivity contribution in [3.63, 3.8) is 0 Å². The second-order valence-corrected chi connectivity index (χ2v) is 4.30. The zero-order valence-corrected chi connectivity index (χ0v) is 9.29. The summed E-state index contributed by atoms with van der Waals surface area (Å²) in [7, 11) is 0. The van der Waals surface area contributed by atoms with Crippen molar-refractivity contribution in [2.24, 2.45) is 0 Å². The molecule has 86 valence electrons. The van der Waals surface area contributed by atoms with E-state index < -0.39 is 5.91 Å². The molecule has 1 aliphatic rings. The minimum Gasteiger partial charge on any atom is -0.395 e. The Morgan fingerprint density at radius 2 is 2.50 bits per heavy atom. The van der Waals surface area contributed by atoms with E-state index in [-0.39, 0.29) is 24.3 Å². The van der Waals surface area contributed by atoms with Crippen molar-refractivity contribution < 1.29 is 9.90 Å². The molecule has 0 radical (unpaired) electrons. The molecule has 0 spiro atoms. The van der Waals surface area contributed by atoms with E-state index in [2.05, 4.69) is 10.3 Å². The standard InChI is InChI=1S/C9H11N3O3S/c13-3-1-10-7(14)6-5-11-9-12(8(6)15)2-4-16-9/h5,13H,1-4H2,(H,10,14). The van der Waals surface area contributed by atoms with Crippen LogP contribution >= 0.6 is 11.8 Å². The third-order valence-electron chi connectivity index (χ3n) is 2.20. The van der Waals surface area contributed by atoms with Crippen LogP contribution in [0.2, 0.25) is 0 Å². The Morgan fingerprint density at radius 1 is 1.69 bits per heavy atom. The average molecular weight is 241 g/mol. The van der Waals surface area contributed by atoms with Crippen LogP contribution in [-0.4, -0.2) is 39.5 Å². The monoisotopic (exact) mass is 241 g/mol. The van der Waals surface area contributed by atoms with Crippen molar-refractivity contribution in [2.75, 3.05) is 18.9 Å². The molecule has 0 unspecified atom stereocenters. The van der Waals surface area contributed by atoms with Gasteiger partial charge in [-0.05, 0) is 0 Å². The van der Waals surface area contributed by atoms with E-state index in [9.17, 15) is 9.59 Å². The van der Waals surface area contributed by atoms with Crippen LogP contribution in [0.1, 0.15) is 10.4 Å². The Hall–Kier alpha value is -1.34. The minimum atomic E-state index is -0.487. The minimum absolute atomic E-state index is 0.0275. The van der Waals surface area contributed by atoms with Gasteiger partial charge in [0.15, 0.2) is 5.16 Å². The molecular weight excluding hydrogens is 230 g/mol. The highest BCUT2D eigenvalue weighted by molar-refractivity contribution is 7.99. The van der Waals surface area contributed by atoms with Crippen molar-refractivity contribution in [1.82, 2.24) is 14.9 Å². The Balaban J connectivity index is 2.29. The van der Waals surface area contributed by atoms with Crippen molar-refractivity contribution in [3.8, 4) is 0 Å². The molecular formula is C9H11N3O3S. The van der Waals surface area contributed by atoms with Gasteiger partial charge in [0.05, 0.1) is 6.61 Å². The van der Waals surface area contributed by atoms with Gasteiger partial charge < -0.3 is 10.4 Å². The first-order valence-electron chi connectivity index (χ1n) is 4.85. The number of aliphatic hydroxyl groups excluding tert-OH is 1. The fraction of sp³-hybridized carbons (Fsp3) is 0.444. The van der Waals surface area contributed by atoms with Crippen molar-refractivity contribution in [3.05, 3.63) is 22.1 Å². The van der Waals surface area contributed by atoms with Gasteiger partial charge in [0.25, 0.3) is 11.5 Å². The Bertz CT molecular complexity index is 472. The summed E-state index contributed by atoms with van der Waals surface area (Å²) < 4.78 is 1.50. The van der Waals surface area contributed by atoms with Gasteiger partial charge in [-0.2, -0.15) is 0 Å². The number of thioether (sulfide) groups is 1. The van der Waals surface area contributed by atoms with Crippen LogP contribution in [0.25, 0.3) is 0 Å². The summed E-state index contributed by atoms with van der Waals surface area (Å²) in [6.07, 6.45) is 1.29. The lowest BCUT2D eigenvalue weighted by atomic mass is 10.3. The Labute approximate surface area is 95.7 Å².